The minimum atomic E-state index is -1.88. The Kier molecular flexibility index (Phi) is 6.14. The highest BCUT2D eigenvalue weighted by molar-refractivity contribution is 7.80. The molecule has 4 nitrogen and oxygen atoms in total. The summed E-state index contributed by atoms with van der Waals surface area (Å²) in [6.45, 7) is 1.90. The van der Waals surface area contributed by atoms with E-state index >= 15 is 0 Å². The van der Waals surface area contributed by atoms with Crippen LogP contribution >= 0.6 is 12.2 Å². The van der Waals surface area contributed by atoms with E-state index in [2.05, 4.69) is 10.1 Å². The molecule has 0 aliphatic heterocycles. The summed E-state index contributed by atoms with van der Waals surface area (Å²) in [5.74, 6) is -10.1. The number of ether oxygens (including phenoxy) is 1. The molecule has 2 rings (SSSR count). The molecule has 0 unspecified atom stereocenters. The standard InChI is InChI=1S/C17H14F4N2O2S/c1-3-8-6-4-5-7-9(8)22-17(26)23-16(24)10-11(18)13(20)15(25-2)14(21)12(10)19/h4-7H,3H2,1-2H3,(H2,22,23,24,26). The first kappa shape index (κ1) is 19.6. The third-order valence-electron chi connectivity index (χ3n) is 3.53. The van der Waals surface area contributed by atoms with Crippen LogP contribution < -0.4 is 15.4 Å². The molecular weight excluding hydrogens is 372 g/mol. The molecule has 9 heteroatoms. The van der Waals surface area contributed by atoms with Crippen LogP contribution in [0.5, 0.6) is 5.75 Å². The monoisotopic (exact) mass is 386 g/mol. The molecule has 0 aliphatic carbocycles. The molecular formula is C17H14F4N2O2S. The number of thiocarbonyl (C=S) groups is 1. The molecule has 0 heterocycles. The summed E-state index contributed by atoms with van der Waals surface area (Å²) in [7, 11) is 0.838. The summed E-state index contributed by atoms with van der Waals surface area (Å²) >= 11 is 4.92. The maximum Gasteiger partial charge on any atom is 0.263 e. The first-order valence-electron chi connectivity index (χ1n) is 7.41. The van der Waals surface area contributed by atoms with E-state index in [0.29, 0.717) is 12.1 Å². The maximum absolute atomic E-state index is 14.0. The predicted molar refractivity (Wildman–Crippen MR) is 92.3 cm³/mol. The number of anilines is 1. The van der Waals surface area contributed by atoms with Gasteiger partial charge in [-0.25, -0.2) is 8.78 Å². The van der Waals surface area contributed by atoms with E-state index in [0.717, 1.165) is 12.7 Å². The molecule has 26 heavy (non-hydrogen) atoms. The molecule has 2 N–H and O–H groups in total. The quantitative estimate of drug-likeness (QED) is 0.475. The number of hydrogen-bond donors (Lipinski definition) is 2. The molecule has 0 saturated carbocycles. The van der Waals surface area contributed by atoms with Crippen LogP contribution in [0.3, 0.4) is 0 Å². The number of rotatable bonds is 4. The van der Waals surface area contributed by atoms with Crippen LogP contribution in [-0.2, 0) is 6.42 Å². The number of nitrogens with one attached hydrogen (secondary N) is 2. The molecule has 0 spiro atoms. The zero-order chi connectivity index (χ0) is 19.4. The Labute approximate surface area is 152 Å². The number of amides is 1. The van der Waals surface area contributed by atoms with Crippen LogP contribution in [0.15, 0.2) is 24.3 Å². The van der Waals surface area contributed by atoms with Crippen LogP contribution in [0.1, 0.15) is 22.8 Å². The molecule has 0 aromatic heterocycles. The first-order valence-corrected chi connectivity index (χ1v) is 7.82. The van der Waals surface area contributed by atoms with Gasteiger partial charge in [-0.15, -0.1) is 0 Å². The van der Waals surface area contributed by atoms with Gasteiger partial charge in [0.2, 0.25) is 11.6 Å². The lowest BCUT2D eigenvalue weighted by atomic mass is 10.1. The molecule has 138 valence electrons. The van der Waals surface area contributed by atoms with Gasteiger partial charge >= 0.3 is 0 Å². The smallest absolute Gasteiger partial charge is 0.263 e. The van der Waals surface area contributed by atoms with Crippen molar-refractivity contribution in [1.29, 1.82) is 0 Å². The Balaban J connectivity index is 2.26. The van der Waals surface area contributed by atoms with Gasteiger partial charge in [-0.1, -0.05) is 25.1 Å². The van der Waals surface area contributed by atoms with Crippen molar-refractivity contribution >= 4 is 28.9 Å². The normalized spacial score (nSPS) is 10.4. The van der Waals surface area contributed by atoms with Crippen LogP contribution in [-0.4, -0.2) is 18.1 Å². The van der Waals surface area contributed by atoms with Gasteiger partial charge in [-0.05, 0) is 30.3 Å². The van der Waals surface area contributed by atoms with Crippen molar-refractivity contribution in [3.05, 3.63) is 58.7 Å². The van der Waals surface area contributed by atoms with Crippen molar-refractivity contribution in [3.63, 3.8) is 0 Å². The van der Waals surface area contributed by atoms with Crippen molar-refractivity contribution in [2.24, 2.45) is 0 Å². The molecule has 1 amide bonds. The fraction of sp³-hybridized carbons (Fsp3) is 0.176. The zero-order valence-corrected chi connectivity index (χ0v) is 14.6. The largest absolute Gasteiger partial charge is 0.491 e. The highest BCUT2D eigenvalue weighted by Gasteiger charge is 2.30. The molecule has 0 aliphatic rings. The number of methoxy groups -OCH3 is 1. The van der Waals surface area contributed by atoms with Crippen molar-refractivity contribution in [1.82, 2.24) is 5.32 Å². The van der Waals surface area contributed by atoms with E-state index in [-0.39, 0.29) is 5.11 Å². The maximum atomic E-state index is 14.0. The number of aryl methyl sites for hydroxylation is 1. The van der Waals surface area contributed by atoms with Gasteiger partial charge in [0.05, 0.1) is 7.11 Å². The summed E-state index contributed by atoms with van der Waals surface area (Å²) in [4.78, 5) is 12.1. The Hall–Kier alpha value is -2.68. The highest BCUT2D eigenvalue weighted by Crippen LogP contribution is 2.29. The summed E-state index contributed by atoms with van der Waals surface area (Å²) in [5.41, 5.74) is 0.0186. The van der Waals surface area contributed by atoms with Crippen LogP contribution in [0.4, 0.5) is 23.2 Å². The van der Waals surface area contributed by atoms with Gasteiger partial charge < -0.3 is 10.1 Å². The van der Waals surface area contributed by atoms with Crippen molar-refractivity contribution in [2.45, 2.75) is 13.3 Å². The van der Waals surface area contributed by atoms with Crippen LogP contribution in [0.25, 0.3) is 0 Å². The Bertz CT molecular complexity index is 845. The third-order valence-corrected chi connectivity index (χ3v) is 3.73. The minimum Gasteiger partial charge on any atom is -0.491 e. The SMILES string of the molecule is CCc1ccccc1NC(=S)NC(=O)c1c(F)c(F)c(OC)c(F)c1F. The second kappa shape index (κ2) is 8.13. The van der Waals surface area contributed by atoms with Gasteiger partial charge in [-0.3, -0.25) is 10.1 Å². The number of halogens is 4. The number of hydrogen-bond acceptors (Lipinski definition) is 3. The number of para-hydroxylation sites is 1. The van der Waals surface area contributed by atoms with E-state index in [1.165, 1.54) is 0 Å². The van der Waals surface area contributed by atoms with E-state index in [9.17, 15) is 22.4 Å². The van der Waals surface area contributed by atoms with Crippen molar-refractivity contribution < 1.29 is 27.1 Å². The molecule has 0 atom stereocenters. The van der Waals surface area contributed by atoms with Gasteiger partial charge in [-0.2, -0.15) is 8.78 Å². The van der Waals surface area contributed by atoms with E-state index < -0.39 is 40.5 Å². The van der Waals surface area contributed by atoms with Gasteiger partial charge in [0.1, 0.15) is 5.56 Å². The zero-order valence-electron chi connectivity index (χ0n) is 13.8. The van der Waals surface area contributed by atoms with Crippen LogP contribution in [0.2, 0.25) is 0 Å². The van der Waals surface area contributed by atoms with Gasteiger partial charge in [0.25, 0.3) is 5.91 Å². The fourth-order valence-electron chi connectivity index (χ4n) is 2.26. The molecule has 0 saturated heterocycles. The van der Waals surface area contributed by atoms with Crippen LogP contribution in [0, 0.1) is 23.3 Å². The van der Waals surface area contributed by atoms with E-state index in [1.807, 2.05) is 18.3 Å². The molecule has 2 aromatic carbocycles. The predicted octanol–water partition coefficient (Wildman–Crippen LogP) is 3.94. The van der Waals surface area contributed by atoms with Gasteiger partial charge in [0.15, 0.2) is 22.5 Å². The average molecular weight is 386 g/mol. The number of carbonyl (C=O) groups is 1. The summed E-state index contributed by atoms with van der Waals surface area (Å²) in [6, 6.07) is 7.03. The number of carbonyl (C=O) groups excluding carboxylic acids is 1. The summed E-state index contributed by atoms with van der Waals surface area (Å²) in [6.07, 6.45) is 0.665. The average Bonchev–Trinajstić information content (AvgIpc) is 2.61. The molecule has 2 aromatic rings. The second-order valence-corrected chi connectivity index (χ2v) is 5.49. The topological polar surface area (TPSA) is 50.4 Å². The van der Waals surface area contributed by atoms with E-state index in [1.54, 1.807) is 18.2 Å². The Morgan fingerprint density at radius 2 is 1.65 bits per heavy atom. The third kappa shape index (κ3) is 3.77. The fourth-order valence-corrected chi connectivity index (χ4v) is 2.46. The second-order valence-electron chi connectivity index (χ2n) is 5.08. The molecule has 0 radical (unpaired) electrons. The van der Waals surface area contributed by atoms with E-state index in [4.69, 9.17) is 12.2 Å². The first-order chi connectivity index (χ1) is 12.3. The lowest BCUT2D eigenvalue weighted by Crippen LogP contribution is -2.35. The lowest BCUT2D eigenvalue weighted by molar-refractivity contribution is 0.0966. The summed E-state index contributed by atoms with van der Waals surface area (Å²) < 4.78 is 59.6. The summed E-state index contributed by atoms with van der Waals surface area (Å²) in [5, 5.41) is 4.41. The van der Waals surface area contributed by atoms with Crippen molar-refractivity contribution in [3.8, 4) is 5.75 Å². The van der Waals surface area contributed by atoms with Gasteiger partial charge in [0, 0.05) is 5.69 Å². The highest BCUT2D eigenvalue weighted by atomic mass is 32.1. The minimum absolute atomic E-state index is 0.286. The Morgan fingerprint density at radius 3 is 2.19 bits per heavy atom. The Morgan fingerprint density at radius 1 is 1.08 bits per heavy atom. The number of benzene rings is 2. The van der Waals surface area contributed by atoms with Crippen molar-refractivity contribution in [2.75, 3.05) is 12.4 Å². The molecule has 0 fully saturated rings. The lowest BCUT2D eigenvalue weighted by Gasteiger charge is -2.14. The molecule has 0 bridgehead atoms.